The molecule has 26 heavy (non-hydrogen) atoms. The number of morpholine rings is 1. The van der Waals surface area contributed by atoms with E-state index in [1.54, 1.807) is 18.2 Å². The second-order valence-electron chi connectivity index (χ2n) is 5.79. The van der Waals surface area contributed by atoms with E-state index in [-0.39, 0.29) is 5.91 Å². The van der Waals surface area contributed by atoms with Crippen molar-refractivity contribution in [2.45, 2.75) is 0 Å². The number of halogens is 2. The van der Waals surface area contributed by atoms with Gasteiger partial charge in [0.1, 0.15) is 0 Å². The lowest BCUT2D eigenvalue weighted by molar-refractivity contribution is 0.0383. The fraction of sp³-hybridized carbons (Fsp3) is 0.353. The number of carbonyl (C=O) groups is 1. The first-order valence-corrected chi connectivity index (χ1v) is 8.99. The largest absolute Gasteiger partial charge is 0.379 e. The van der Waals surface area contributed by atoms with Gasteiger partial charge in [-0.2, -0.15) is 0 Å². The molecule has 1 fully saturated rings. The fourth-order valence-electron chi connectivity index (χ4n) is 2.52. The summed E-state index contributed by atoms with van der Waals surface area (Å²) in [5.41, 5.74) is 1.08. The van der Waals surface area contributed by atoms with Crippen LogP contribution in [-0.4, -0.2) is 60.2 Å². The smallest absolute Gasteiger partial charge is 0.254 e. The Bertz CT molecular complexity index is 731. The highest BCUT2D eigenvalue weighted by molar-refractivity contribution is 6.35. The summed E-state index contributed by atoms with van der Waals surface area (Å²) >= 11 is 11.9. The van der Waals surface area contributed by atoms with Crippen LogP contribution in [0.15, 0.2) is 30.6 Å². The van der Waals surface area contributed by atoms with Crippen LogP contribution in [0.4, 0.5) is 11.6 Å². The predicted molar refractivity (Wildman–Crippen MR) is 101 cm³/mol. The van der Waals surface area contributed by atoms with Crippen LogP contribution in [0.25, 0.3) is 0 Å². The van der Waals surface area contributed by atoms with Gasteiger partial charge in [-0.05, 0) is 18.2 Å². The first kappa shape index (κ1) is 18.8. The van der Waals surface area contributed by atoms with Crippen molar-refractivity contribution in [3.63, 3.8) is 0 Å². The van der Waals surface area contributed by atoms with Gasteiger partial charge in [0, 0.05) is 54.3 Å². The summed E-state index contributed by atoms with van der Waals surface area (Å²) in [7, 11) is 0. The van der Waals surface area contributed by atoms with Crippen molar-refractivity contribution in [2.24, 2.45) is 0 Å². The summed E-state index contributed by atoms with van der Waals surface area (Å²) in [6, 6.07) is 5.06. The van der Waals surface area contributed by atoms with E-state index >= 15 is 0 Å². The average molecular weight is 396 g/mol. The summed E-state index contributed by atoms with van der Waals surface area (Å²) in [4.78, 5) is 22.7. The van der Waals surface area contributed by atoms with Gasteiger partial charge in [0.15, 0.2) is 0 Å². The Labute approximate surface area is 161 Å². The third kappa shape index (κ3) is 5.54. The average Bonchev–Trinajstić information content (AvgIpc) is 2.62. The van der Waals surface area contributed by atoms with Gasteiger partial charge < -0.3 is 15.4 Å². The van der Waals surface area contributed by atoms with Gasteiger partial charge in [-0.15, -0.1) is 0 Å². The molecule has 1 aliphatic rings. The minimum atomic E-state index is -0.199. The Morgan fingerprint density at radius 3 is 2.42 bits per heavy atom. The van der Waals surface area contributed by atoms with Crippen molar-refractivity contribution in [3.05, 3.63) is 46.2 Å². The summed E-state index contributed by atoms with van der Waals surface area (Å²) in [6.45, 7) is 4.65. The van der Waals surface area contributed by atoms with Crippen LogP contribution < -0.4 is 10.6 Å². The highest BCUT2D eigenvalue weighted by atomic mass is 35.5. The van der Waals surface area contributed by atoms with E-state index in [2.05, 4.69) is 25.5 Å². The molecule has 2 heterocycles. The second-order valence-corrected chi connectivity index (χ2v) is 6.66. The molecule has 0 spiro atoms. The molecule has 1 amide bonds. The molecule has 1 aromatic heterocycles. The lowest BCUT2D eigenvalue weighted by atomic mass is 10.3. The number of benzene rings is 1. The van der Waals surface area contributed by atoms with E-state index in [1.165, 1.54) is 12.4 Å². The van der Waals surface area contributed by atoms with E-state index < -0.39 is 0 Å². The van der Waals surface area contributed by atoms with Crippen molar-refractivity contribution in [3.8, 4) is 0 Å². The molecule has 2 N–H and O–H groups in total. The first-order valence-electron chi connectivity index (χ1n) is 8.23. The third-order valence-corrected chi connectivity index (χ3v) is 4.29. The van der Waals surface area contributed by atoms with Crippen molar-refractivity contribution in [1.29, 1.82) is 0 Å². The van der Waals surface area contributed by atoms with E-state index in [4.69, 9.17) is 27.9 Å². The zero-order chi connectivity index (χ0) is 18.4. The number of ether oxygens (including phenoxy) is 1. The molecule has 1 aromatic carbocycles. The Morgan fingerprint density at radius 2 is 1.77 bits per heavy atom. The van der Waals surface area contributed by atoms with Crippen LogP contribution in [0.3, 0.4) is 0 Å². The predicted octanol–water partition coefficient (Wildman–Crippen LogP) is 2.59. The van der Waals surface area contributed by atoms with Gasteiger partial charge >= 0.3 is 0 Å². The van der Waals surface area contributed by atoms with Crippen molar-refractivity contribution in [2.75, 3.05) is 44.7 Å². The maximum absolute atomic E-state index is 12.2. The van der Waals surface area contributed by atoms with E-state index in [0.29, 0.717) is 33.8 Å². The molecule has 3 rings (SSSR count). The van der Waals surface area contributed by atoms with E-state index in [1.807, 2.05) is 0 Å². The highest BCUT2D eigenvalue weighted by Gasteiger charge is 2.11. The lowest BCUT2D eigenvalue weighted by Gasteiger charge is -2.26. The molecule has 0 saturated carbocycles. The Hall–Kier alpha value is -1.93. The molecule has 138 valence electrons. The van der Waals surface area contributed by atoms with Gasteiger partial charge in [-0.3, -0.25) is 9.69 Å². The summed E-state index contributed by atoms with van der Waals surface area (Å²) in [5.74, 6) is 0.156. The Kier molecular flexibility index (Phi) is 6.62. The first-order chi connectivity index (χ1) is 12.6. The lowest BCUT2D eigenvalue weighted by Crippen LogP contribution is -2.41. The van der Waals surface area contributed by atoms with Crippen LogP contribution in [0, 0.1) is 0 Å². The Balaban J connectivity index is 1.50. The Morgan fingerprint density at radius 1 is 1.12 bits per heavy atom. The van der Waals surface area contributed by atoms with Gasteiger partial charge in [0.05, 0.1) is 18.8 Å². The second kappa shape index (κ2) is 9.14. The maximum atomic E-state index is 12.2. The monoisotopic (exact) mass is 395 g/mol. The summed E-state index contributed by atoms with van der Waals surface area (Å²) in [5, 5.41) is 6.89. The molecule has 1 aliphatic heterocycles. The SMILES string of the molecule is O=C(NCCN1CCOCC1)c1cnc(Nc2cc(Cl)cc(Cl)c2)nc1. The van der Waals surface area contributed by atoms with Crippen LogP contribution >= 0.6 is 23.2 Å². The third-order valence-electron chi connectivity index (χ3n) is 3.85. The van der Waals surface area contributed by atoms with Crippen molar-refractivity contribution >= 4 is 40.7 Å². The zero-order valence-electron chi connectivity index (χ0n) is 14.0. The molecule has 2 aromatic rings. The maximum Gasteiger partial charge on any atom is 0.254 e. The number of hydrogen-bond acceptors (Lipinski definition) is 6. The molecule has 0 atom stereocenters. The normalized spacial score (nSPS) is 14.8. The molecule has 0 unspecified atom stereocenters. The van der Waals surface area contributed by atoms with Crippen LogP contribution in [0.1, 0.15) is 10.4 Å². The number of hydrogen-bond donors (Lipinski definition) is 2. The van der Waals surface area contributed by atoms with Gasteiger partial charge in [0.25, 0.3) is 5.91 Å². The fourth-order valence-corrected chi connectivity index (χ4v) is 3.05. The number of nitrogens with zero attached hydrogens (tertiary/aromatic N) is 3. The number of carbonyl (C=O) groups excluding carboxylic acids is 1. The highest BCUT2D eigenvalue weighted by Crippen LogP contribution is 2.24. The quantitative estimate of drug-likeness (QED) is 0.782. The molecular formula is C17H19Cl2N5O2. The number of rotatable bonds is 6. The van der Waals surface area contributed by atoms with Crippen molar-refractivity contribution < 1.29 is 9.53 Å². The topological polar surface area (TPSA) is 79.4 Å². The van der Waals surface area contributed by atoms with Crippen LogP contribution in [0.5, 0.6) is 0 Å². The summed E-state index contributed by atoms with van der Waals surface area (Å²) in [6.07, 6.45) is 2.96. The number of amides is 1. The van der Waals surface area contributed by atoms with Crippen LogP contribution in [0.2, 0.25) is 10.0 Å². The van der Waals surface area contributed by atoms with Gasteiger partial charge in [-0.1, -0.05) is 23.2 Å². The number of anilines is 2. The molecular weight excluding hydrogens is 377 g/mol. The van der Waals surface area contributed by atoms with Crippen LogP contribution in [-0.2, 0) is 4.74 Å². The number of nitrogens with one attached hydrogen (secondary N) is 2. The molecule has 0 aliphatic carbocycles. The van der Waals surface area contributed by atoms with Gasteiger partial charge in [-0.25, -0.2) is 9.97 Å². The molecule has 7 nitrogen and oxygen atoms in total. The van der Waals surface area contributed by atoms with Gasteiger partial charge in [0.2, 0.25) is 5.95 Å². The number of aromatic nitrogens is 2. The molecule has 0 radical (unpaired) electrons. The van der Waals surface area contributed by atoms with Crippen molar-refractivity contribution in [1.82, 2.24) is 20.2 Å². The molecule has 9 heteroatoms. The van der Waals surface area contributed by atoms with E-state index in [0.717, 1.165) is 32.8 Å². The minimum absolute atomic E-state index is 0.199. The molecule has 1 saturated heterocycles. The van der Waals surface area contributed by atoms with E-state index in [9.17, 15) is 4.79 Å². The summed E-state index contributed by atoms with van der Waals surface area (Å²) < 4.78 is 5.30. The zero-order valence-corrected chi connectivity index (χ0v) is 15.6. The minimum Gasteiger partial charge on any atom is -0.379 e. The standard InChI is InChI=1S/C17H19Cl2N5O2/c18-13-7-14(19)9-15(8-13)23-17-21-10-12(11-22-17)16(25)20-1-2-24-3-5-26-6-4-24/h7-11H,1-6H2,(H,20,25)(H,21,22,23). The molecule has 0 bridgehead atoms.